The summed E-state index contributed by atoms with van der Waals surface area (Å²) >= 11 is 0. The van der Waals surface area contributed by atoms with Crippen LogP contribution in [0.3, 0.4) is 0 Å². The maximum atomic E-state index is 12.1. The molecule has 8 heteroatoms. The van der Waals surface area contributed by atoms with Gasteiger partial charge in [0.15, 0.2) is 0 Å². The molecule has 5 N–H and O–H groups in total. The number of aliphatic imine (C=N–C) groups is 1. The number of aliphatic carboxylic acids is 1. The third-order valence-electron chi connectivity index (χ3n) is 3.80. The highest BCUT2D eigenvalue weighted by atomic mass is 16.4. The Labute approximate surface area is 123 Å². The normalized spacial score (nSPS) is 18.7. The molecule has 0 radical (unpaired) electrons. The van der Waals surface area contributed by atoms with Crippen LogP contribution < -0.4 is 16.4 Å². The number of hydrogen-bond acceptors (Lipinski definition) is 5. The Kier molecular flexibility index (Phi) is 5.83. The summed E-state index contributed by atoms with van der Waals surface area (Å²) in [6.07, 6.45) is 1.57. The smallest absolute Gasteiger partial charge is 0.320 e. The molecule has 1 fully saturated rings. The Morgan fingerprint density at radius 3 is 2.24 bits per heavy atom. The van der Waals surface area contributed by atoms with Gasteiger partial charge in [-0.1, -0.05) is 13.8 Å². The van der Waals surface area contributed by atoms with Crippen molar-refractivity contribution >= 4 is 23.7 Å². The van der Waals surface area contributed by atoms with Crippen molar-refractivity contribution in [2.24, 2.45) is 16.1 Å². The predicted octanol–water partition coefficient (Wildman–Crippen LogP) is -0.413. The quantitative estimate of drug-likeness (QED) is 0.374. The van der Waals surface area contributed by atoms with Gasteiger partial charge < -0.3 is 10.8 Å². The second kappa shape index (κ2) is 7.16. The fraction of sp³-hybridized carbons (Fsp3) is 0.692. The standard InChI is InChI=1S/C13H22N4O4/c1-3-13(4-2)10(20)16-12(17-11(13)21)15-7-5-6-8(14)9(18)19/h8H,3-7,14H2,1-2H3,(H,18,19)(H2,15,16,17,20,21). The Balaban J connectivity index is 2.57. The third-order valence-corrected chi connectivity index (χ3v) is 3.80. The first-order chi connectivity index (χ1) is 9.87. The van der Waals surface area contributed by atoms with Gasteiger partial charge in [-0.3, -0.25) is 30.0 Å². The molecule has 1 aliphatic heterocycles. The maximum absolute atomic E-state index is 12.1. The SMILES string of the molecule is CCC1(CC)C(=O)NC(=NCCCC(N)C(=O)O)NC1=O. The lowest BCUT2D eigenvalue weighted by atomic mass is 9.79. The molecule has 0 aromatic rings. The second-order valence-electron chi connectivity index (χ2n) is 5.01. The molecule has 1 rings (SSSR count). The molecule has 118 valence electrons. The van der Waals surface area contributed by atoms with Crippen LogP contribution in [0.4, 0.5) is 0 Å². The fourth-order valence-corrected chi connectivity index (χ4v) is 2.19. The van der Waals surface area contributed by atoms with E-state index in [-0.39, 0.29) is 30.7 Å². The maximum Gasteiger partial charge on any atom is 0.320 e. The van der Waals surface area contributed by atoms with Crippen LogP contribution in [0.1, 0.15) is 39.5 Å². The summed E-state index contributed by atoms with van der Waals surface area (Å²) in [6, 6.07) is -0.923. The van der Waals surface area contributed by atoms with Crippen LogP contribution in [-0.4, -0.2) is 41.4 Å². The molecule has 0 aliphatic carbocycles. The third kappa shape index (κ3) is 3.78. The topological polar surface area (TPSA) is 134 Å². The first-order valence-corrected chi connectivity index (χ1v) is 7.03. The molecule has 1 saturated heterocycles. The average molecular weight is 298 g/mol. The number of nitrogens with zero attached hydrogens (tertiary/aromatic N) is 1. The number of rotatable bonds is 7. The minimum Gasteiger partial charge on any atom is -0.480 e. The van der Waals surface area contributed by atoms with Gasteiger partial charge in [-0.25, -0.2) is 0 Å². The summed E-state index contributed by atoms with van der Waals surface area (Å²) in [5.41, 5.74) is 4.33. The number of carboxylic acid groups (broad SMARTS) is 1. The van der Waals surface area contributed by atoms with Gasteiger partial charge in [0.05, 0.1) is 0 Å². The molecule has 0 aromatic carbocycles. The first-order valence-electron chi connectivity index (χ1n) is 7.03. The zero-order valence-electron chi connectivity index (χ0n) is 12.3. The van der Waals surface area contributed by atoms with Crippen molar-refractivity contribution < 1.29 is 19.5 Å². The van der Waals surface area contributed by atoms with Gasteiger partial charge in [0.25, 0.3) is 0 Å². The fourth-order valence-electron chi connectivity index (χ4n) is 2.19. The molecule has 1 unspecified atom stereocenters. The van der Waals surface area contributed by atoms with Crippen molar-refractivity contribution in [1.29, 1.82) is 0 Å². The van der Waals surface area contributed by atoms with Gasteiger partial charge >= 0.3 is 5.97 Å². The Morgan fingerprint density at radius 2 is 1.81 bits per heavy atom. The molecule has 0 aromatic heterocycles. The highest BCUT2D eigenvalue weighted by Gasteiger charge is 2.46. The van der Waals surface area contributed by atoms with Crippen molar-refractivity contribution in [3.63, 3.8) is 0 Å². The zero-order valence-corrected chi connectivity index (χ0v) is 12.3. The largest absolute Gasteiger partial charge is 0.480 e. The van der Waals surface area contributed by atoms with Crippen LogP contribution in [0, 0.1) is 5.41 Å². The van der Waals surface area contributed by atoms with Crippen LogP contribution in [0.25, 0.3) is 0 Å². The van der Waals surface area contributed by atoms with Crippen LogP contribution in [0.2, 0.25) is 0 Å². The van der Waals surface area contributed by atoms with E-state index in [4.69, 9.17) is 10.8 Å². The number of nitrogens with two attached hydrogens (primary N) is 1. The summed E-state index contributed by atoms with van der Waals surface area (Å²) in [5.74, 6) is -1.64. The summed E-state index contributed by atoms with van der Waals surface area (Å²) in [4.78, 5) is 38.8. The summed E-state index contributed by atoms with van der Waals surface area (Å²) in [7, 11) is 0. The highest BCUT2D eigenvalue weighted by Crippen LogP contribution is 2.28. The molecular formula is C13H22N4O4. The van der Waals surface area contributed by atoms with Crippen LogP contribution in [0.5, 0.6) is 0 Å². The van der Waals surface area contributed by atoms with E-state index in [1.54, 1.807) is 13.8 Å². The lowest BCUT2D eigenvalue weighted by molar-refractivity contribution is -0.144. The van der Waals surface area contributed by atoms with E-state index in [1.807, 2.05) is 0 Å². The van der Waals surface area contributed by atoms with Gasteiger partial charge in [-0.2, -0.15) is 0 Å². The number of nitrogens with one attached hydrogen (secondary N) is 2. The molecule has 21 heavy (non-hydrogen) atoms. The Hall–Kier alpha value is -1.96. The lowest BCUT2D eigenvalue weighted by Gasteiger charge is -2.33. The number of carboxylic acids is 1. The molecule has 0 saturated carbocycles. The molecule has 1 aliphatic rings. The number of hydrogen-bond donors (Lipinski definition) is 4. The van der Waals surface area contributed by atoms with Crippen molar-refractivity contribution in [3.8, 4) is 0 Å². The Bertz CT molecular complexity index is 435. The number of carbonyl (C=O) groups is 3. The van der Waals surface area contributed by atoms with Gasteiger partial charge in [0.1, 0.15) is 11.5 Å². The minimum absolute atomic E-state index is 0.117. The lowest BCUT2D eigenvalue weighted by Crippen LogP contribution is -2.62. The van der Waals surface area contributed by atoms with Gasteiger partial charge in [-0.05, 0) is 25.7 Å². The molecule has 2 amide bonds. The monoisotopic (exact) mass is 298 g/mol. The van der Waals surface area contributed by atoms with Crippen LogP contribution in [-0.2, 0) is 14.4 Å². The van der Waals surface area contributed by atoms with Crippen molar-refractivity contribution in [3.05, 3.63) is 0 Å². The van der Waals surface area contributed by atoms with Crippen LogP contribution >= 0.6 is 0 Å². The summed E-state index contributed by atoms with van der Waals surface area (Å²) in [6.45, 7) is 3.86. The highest BCUT2D eigenvalue weighted by molar-refractivity contribution is 6.20. The minimum atomic E-state index is -1.06. The molecule has 1 heterocycles. The number of guanidine groups is 1. The van der Waals surface area contributed by atoms with Gasteiger partial charge in [0, 0.05) is 6.54 Å². The number of carbonyl (C=O) groups excluding carboxylic acids is 2. The van der Waals surface area contributed by atoms with E-state index >= 15 is 0 Å². The summed E-state index contributed by atoms with van der Waals surface area (Å²) in [5, 5.41) is 13.8. The number of amides is 2. The zero-order chi connectivity index (χ0) is 16.0. The molecular weight excluding hydrogens is 276 g/mol. The van der Waals surface area contributed by atoms with Gasteiger partial charge in [0.2, 0.25) is 17.8 Å². The van der Waals surface area contributed by atoms with E-state index in [2.05, 4.69) is 15.6 Å². The molecule has 1 atom stereocenters. The van der Waals surface area contributed by atoms with Crippen molar-refractivity contribution in [2.45, 2.75) is 45.6 Å². The molecule has 0 spiro atoms. The van der Waals surface area contributed by atoms with Crippen molar-refractivity contribution in [2.75, 3.05) is 6.54 Å². The Morgan fingerprint density at radius 1 is 1.29 bits per heavy atom. The van der Waals surface area contributed by atoms with Crippen LogP contribution in [0.15, 0.2) is 4.99 Å². The molecule has 8 nitrogen and oxygen atoms in total. The first kappa shape index (κ1) is 17.1. The van der Waals surface area contributed by atoms with E-state index < -0.39 is 17.4 Å². The van der Waals surface area contributed by atoms with E-state index in [9.17, 15) is 14.4 Å². The molecule has 0 bridgehead atoms. The average Bonchev–Trinajstić information content (AvgIpc) is 2.44. The summed E-state index contributed by atoms with van der Waals surface area (Å²) < 4.78 is 0. The second-order valence-corrected chi connectivity index (χ2v) is 5.01. The van der Waals surface area contributed by atoms with E-state index in [1.165, 1.54) is 0 Å². The van der Waals surface area contributed by atoms with Crippen molar-refractivity contribution in [1.82, 2.24) is 10.6 Å². The van der Waals surface area contributed by atoms with E-state index in [0.717, 1.165) is 0 Å². The van der Waals surface area contributed by atoms with E-state index in [0.29, 0.717) is 19.3 Å². The predicted molar refractivity (Wildman–Crippen MR) is 76.4 cm³/mol. The van der Waals surface area contributed by atoms with Gasteiger partial charge in [-0.15, -0.1) is 0 Å².